The summed E-state index contributed by atoms with van der Waals surface area (Å²) in [5.74, 6) is 0.542. The van der Waals surface area contributed by atoms with Crippen LogP contribution in [-0.2, 0) is 0 Å². The maximum atomic E-state index is 12.8. The predicted octanol–water partition coefficient (Wildman–Crippen LogP) is 2.95. The van der Waals surface area contributed by atoms with E-state index in [1.807, 2.05) is 4.90 Å². The molecule has 6 heteroatoms. The zero-order chi connectivity index (χ0) is 18.5. The summed E-state index contributed by atoms with van der Waals surface area (Å²) >= 11 is 0. The molecule has 3 rings (SSSR count). The number of carbonyl (C=O) groups is 2. The molecule has 0 bridgehead atoms. The zero-order valence-electron chi connectivity index (χ0n) is 15.3. The second kappa shape index (κ2) is 8.19. The zero-order valence-corrected chi connectivity index (χ0v) is 15.3. The highest BCUT2D eigenvalue weighted by atomic mass is 16.3. The molecule has 2 amide bonds. The summed E-state index contributed by atoms with van der Waals surface area (Å²) in [4.78, 5) is 29.1. The minimum Gasteiger partial charge on any atom is -0.459 e. The van der Waals surface area contributed by atoms with Crippen LogP contribution in [0, 0.1) is 5.92 Å². The maximum absolute atomic E-state index is 12.8. The summed E-state index contributed by atoms with van der Waals surface area (Å²) in [6.07, 6.45) is 1.45. The van der Waals surface area contributed by atoms with Crippen molar-refractivity contribution >= 4 is 17.5 Å². The molecular weight excluding hydrogens is 330 g/mol. The van der Waals surface area contributed by atoms with Crippen molar-refractivity contribution in [1.29, 1.82) is 0 Å². The molecular formula is C20H25N3O3. The molecule has 0 unspecified atom stereocenters. The van der Waals surface area contributed by atoms with Crippen LogP contribution in [-0.4, -0.2) is 54.3 Å². The molecule has 2 heterocycles. The first-order valence-corrected chi connectivity index (χ1v) is 8.99. The van der Waals surface area contributed by atoms with Crippen molar-refractivity contribution in [3.05, 3.63) is 54.0 Å². The van der Waals surface area contributed by atoms with Gasteiger partial charge in [-0.3, -0.25) is 14.5 Å². The van der Waals surface area contributed by atoms with Crippen LogP contribution in [0.3, 0.4) is 0 Å². The molecule has 0 radical (unpaired) electrons. The van der Waals surface area contributed by atoms with Crippen molar-refractivity contribution in [3.63, 3.8) is 0 Å². The van der Waals surface area contributed by atoms with Crippen LogP contribution in [0.15, 0.2) is 47.1 Å². The molecule has 138 valence electrons. The summed E-state index contributed by atoms with van der Waals surface area (Å²) in [6, 6.07) is 10.3. The van der Waals surface area contributed by atoms with Gasteiger partial charge in [-0.15, -0.1) is 0 Å². The first-order valence-electron chi connectivity index (χ1n) is 8.99. The van der Waals surface area contributed by atoms with Crippen LogP contribution in [0.2, 0.25) is 0 Å². The molecule has 1 aromatic carbocycles. The second-order valence-electron chi connectivity index (χ2n) is 7.00. The highest BCUT2D eigenvalue weighted by Crippen LogP contribution is 2.16. The third-order valence-corrected chi connectivity index (χ3v) is 4.40. The Balaban J connectivity index is 1.61. The highest BCUT2D eigenvalue weighted by Gasteiger charge is 2.22. The lowest BCUT2D eigenvalue weighted by atomic mass is 10.1. The van der Waals surface area contributed by atoms with Crippen LogP contribution in [0.5, 0.6) is 0 Å². The first kappa shape index (κ1) is 18.2. The summed E-state index contributed by atoms with van der Waals surface area (Å²) in [5, 5.41) is 2.76. The summed E-state index contributed by atoms with van der Waals surface area (Å²) in [6.45, 7) is 8.75. The fourth-order valence-corrected chi connectivity index (χ4v) is 3.16. The standard InChI is InChI=1S/C20H25N3O3/c1-15(2)14-22-8-10-23(11-9-22)20(25)16-5-3-6-17(13-16)21-19(24)18-7-4-12-26-18/h3-7,12-13,15H,8-11,14H2,1-2H3,(H,21,24). The summed E-state index contributed by atoms with van der Waals surface area (Å²) in [7, 11) is 0. The smallest absolute Gasteiger partial charge is 0.291 e. The SMILES string of the molecule is CC(C)CN1CCN(C(=O)c2cccc(NC(=O)c3ccco3)c2)CC1. The minimum absolute atomic E-state index is 0.00305. The molecule has 0 aliphatic carbocycles. The van der Waals surface area contributed by atoms with Crippen molar-refractivity contribution < 1.29 is 14.0 Å². The van der Waals surface area contributed by atoms with Gasteiger partial charge in [-0.25, -0.2) is 0 Å². The lowest BCUT2D eigenvalue weighted by Gasteiger charge is -2.35. The predicted molar refractivity (Wildman–Crippen MR) is 100 cm³/mol. The number of furan rings is 1. The van der Waals surface area contributed by atoms with Crippen molar-refractivity contribution in [3.8, 4) is 0 Å². The molecule has 26 heavy (non-hydrogen) atoms. The molecule has 1 aromatic heterocycles. The van der Waals surface area contributed by atoms with E-state index in [0.717, 1.165) is 32.7 Å². The molecule has 1 saturated heterocycles. The van der Waals surface area contributed by atoms with Gasteiger partial charge in [0.2, 0.25) is 0 Å². The quantitative estimate of drug-likeness (QED) is 0.895. The van der Waals surface area contributed by atoms with E-state index in [0.29, 0.717) is 17.2 Å². The van der Waals surface area contributed by atoms with E-state index in [1.54, 1.807) is 36.4 Å². The maximum Gasteiger partial charge on any atom is 0.291 e. The number of nitrogens with zero attached hydrogens (tertiary/aromatic N) is 2. The second-order valence-corrected chi connectivity index (χ2v) is 7.00. The Bertz CT molecular complexity index is 747. The monoisotopic (exact) mass is 355 g/mol. The van der Waals surface area contributed by atoms with Crippen LogP contribution in [0.4, 0.5) is 5.69 Å². The molecule has 0 saturated carbocycles. The van der Waals surface area contributed by atoms with Gasteiger partial charge in [-0.1, -0.05) is 19.9 Å². The van der Waals surface area contributed by atoms with Crippen molar-refractivity contribution in [2.45, 2.75) is 13.8 Å². The Morgan fingerprint density at radius 1 is 1.12 bits per heavy atom. The molecule has 1 aliphatic heterocycles. The van der Waals surface area contributed by atoms with Crippen molar-refractivity contribution in [2.75, 3.05) is 38.0 Å². The van der Waals surface area contributed by atoms with Gasteiger partial charge >= 0.3 is 0 Å². The van der Waals surface area contributed by atoms with E-state index >= 15 is 0 Å². The summed E-state index contributed by atoms with van der Waals surface area (Å²) in [5.41, 5.74) is 1.16. The fraction of sp³-hybridized carbons (Fsp3) is 0.400. The lowest BCUT2D eigenvalue weighted by molar-refractivity contribution is 0.0623. The van der Waals surface area contributed by atoms with Crippen molar-refractivity contribution in [2.24, 2.45) is 5.92 Å². The molecule has 6 nitrogen and oxygen atoms in total. The van der Waals surface area contributed by atoms with E-state index in [9.17, 15) is 9.59 Å². The van der Waals surface area contributed by atoms with E-state index in [2.05, 4.69) is 24.1 Å². The average molecular weight is 355 g/mol. The van der Waals surface area contributed by atoms with Gasteiger partial charge in [0.1, 0.15) is 0 Å². The number of hydrogen-bond acceptors (Lipinski definition) is 4. The molecule has 1 fully saturated rings. The third kappa shape index (κ3) is 4.52. The van der Waals surface area contributed by atoms with Gasteiger partial charge in [0.25, 0.3) is 11.8 Å². The number of piperazine rings is 1. The van der Waals surface area contributed by atoms with Gasteiger partial charge in [0.05, 0.1) is 6.26 Å². The number of rotatable bonds is 5. The largest absolute Gasteiger partial charge is 0.459 e. The lowest BCUT2D eigenvalue weighted by Crippen LogP contribution is -2.49. The molecule has 1 N–H and O–H groups in total. The number of anilines is 1. The minimum atomic E-state index is -0.332. The normalized spacial score (nSPS) is 15.3. The van der Waals surface area contributed by atoms with E-state index < -0.39 is 0 Å². The van der Waals surface area contributed by atoms with E-state index in [4.69, 9.17) is 4.42 Å². The van der Waals surface area contributed by atoms with E-state index in [-0.39, 0.29) is 17.6 Å². The molecule has 1 aliphatic rings. The Morgan fingerprint density at radius 2 is 1.88 bits per heavy atom. The van der Waals surface area contributed by atoms with Crippen LogP contribution in [0.25, 0.3) is 0 Å². The van der Waals surface area contributed by atoms with E-state index in [1.165, 1.54) is 6.26 Å². The Morgan fingerprint density at radius 3 is 2.54 bits per heavy atom. The summed E-state index contributed by atoms with van der Waals surface area (Å²) < 4.78 is 5.09. The van der Waals surface area contributed by atoms with Crippen molar-refractivity contribution in [1.82, 2.24) is 9.80 Å². The third-order valence-electron chi connectivity index (χ3n) is 4.40. The van der Waals surface area contributed by atoms with Crippen LogP contribution < -0.4 is 5.32 Å². The number of hydrogen-bond donors (Lipinski definition) is 1. The molecule has 0 spiro atoms. The number of carbonyl (C=O) groups excluding carboxylic acids is 2. The van der Waals surface area contributed by atoms with Gasteiger partial charge in [-0.05, 0) is 36.2 Å². The van der Waals surface area contributed by atoms with Gasteiger partial charge in [0.15, 0.2) is 5.76 Å². The molecule has 2 aromatic rings. The van der Waals surface area contributed by atoms with Gasteiger partial charge < -0.3 is 14.6 Å². The number of benzene rings is 1. The van der Waals surface area contributed by atoms with Crippen LogP contribution in [0.1, 0.15) is 34.8 Å². The average Bonchev–Trinajstić information content (AvgIpc) is 3.16. The first-order chi connectivity index (χ1) is 12.5. The van der Waals surface area contributed by atoms with Gasteiger partial charge in [-0.2, -0.15) is 0 Å². The Labute approximate surface area is 153 Å². The fourth-order valence-electron chi connectivity index (χ4n) is 3.16. The number of amides is 2. The molecule has 0 atom stereocenters. The Hall–Kier alpha value is -2.60. The van der Waals surface area contributed by atoms with Gasteiger partial charge in [0, 0.05) is 44.0 Å². The Kier molecular flexibility index (Phi) is 5.73. The topological polar surface area (TPSA) is 65.8 Å². The van der Waals surface area contributed by atoms with Crippen LogP contribution >= 0.6 is 0 Å². The number of nitrogens with one attached hydrogen (secondary N) is 1. The highest BCUT2D eigenvalue weighted by molar-refractivity contribution is 6.03.